The average molecular weight is 506 g/mol. The second kappa shape index (κ2) is 10.8. The second-order valence-corrected chi connectivity index (χ2v) is 8.13. The van der Waals surface area contributed by atoms with Crippen molar-refractivity contribution < 1.29 is 23.0 Å². The summed E-state index contributed by atoms with van der Waals surface area (Å²) in [6, 6.07) is 10.6. The fourth-order valence-corrected chi connectivity index (χ4v) is 4.10. The highest BCUT2D eigenvalue weighted by Crippen LogP contribution is 2.37. The lowest BCUT2D eigenvalue weighted by molar-refractivity contribution is 0.196. The Balaban J connectivity index is 1.63. The number of pyridine rings is 2. The summed E-state index contributed by atoms with van der Waals surface area (Å²) < 4.78 is 37.4. The van der Waals surface area contributed by atoms with Gasteiger partial charge in [0.05, 0.1) is 17.9 Å². The highest BCUT2D eigenvalue weighted by molar-refractivity contribution is 7.98. The van der Waals surface area contributed by atoms with Crippen LogP contribution in [0.25, 0.3) is 22.6 Å². The molecule has 3 heterocycles. The van der Waals surface area contributed by atoms with E-state index in [4.69, 9.17) is 20.0 Å². The Morgan fingerprint density at radius 2 is 1.83 bits per heavy atom. The molecule has 0 spiro atoms. The Kier molecular flexibility index (Phi) is 7.39. The zero-order valence-electron chi connectivity index (χ0n) is 18.4. The van der Waals surface area contributed by atoms with E-state index in [1.54, 1.807) is 12.1 Å². The molecule has 36 heavy (non-hydrogen) atoms. The Morgan fingerprint density at radius 1 is 1.06 bits per heavy atom. The molecule has 0 amide bonds. The number of hydrogen-bond donors (Lipinski definition) is 2. The van der Waals surface area contributed by atoms with Gasteiger partial charge in [-0.1, -0.05) is 11.8 Å². The van der Waals surface area contributed by atoms with Crippen LogP contribution in [-0.4, -0.2) is 33.3 Å². The van der Waals surface area contributed by atoms with Crippen LogP contribution >= 0.6 is 11.8 Å². The van der Waals surface area contributed by atoms with Crippen molar-refractivity contribution in [3.05, 3.63) is 71.2 Å². The molecular formula is C24H16F2N6O3S. The molecule has 0 aliphatic heterocycles. The van der Waals surface area contributed by atoms with Crippen LogP contribution in [0.1, 0.15) is 16.8 Å². The lowest BCUT2D eigenvalue weighted by Gasteiger charge is -2.13. The number of rotatable bonds is 8. The second-order valence-electron chi connectivity index (χ2n) is 7.17. The number of aliphatic hydroxyl groups excluding tert-OH is 1. The first-order valence-corrected chi connectivity index (χ1v) is 11.3. The number of ether oxygens (including phenoxy) is 1. The first-order valence-electron chi connectivity index (χ1n) is 10.3. The summed E-state index contributed by atoms with van der Waals surface area (Å²) in [6.07, 6.45) is 2.79. The predicted octanol–water partition coefficient (Wildman–Crippen LogP) is 4.07. The van der Waals surface area contributed by atoms with Crippen LogP contribution in [0.2, 0.25) is 0 Å². The lowest BCUT2D eigenvalue weighted by Crippen LogP contribution is -2.05. The van der Waals surface area contributed by atoms with Gasteiger partial charge in [-0.15, -0.1) is 0 Å². The molecule has 3 aromatic heterocycles. The molecule has 4 aromatic rings. The molecule has 0 atom stereocenters. The molecule has 0 saturated heterocycles. The van der Waals surface area contributed by atoms with Gasteiger partial charge in [-0.2, -0.15) is 10.5 Å². The van der Waals surface area contributed by atoms with E-state index in [9.17, 15) is 19.3 Å². The minimum absolute atomic E-state index is 0.0313. The standard InChI is InChI=1S/C24H16F2N6O3S/c25-18-3-1-13(7-19(18)26)23-31-15(11-35-23)12-36-24-17(9-28)21(16(8-27)22(29)32-24)14-2-4-20(30-10-14)34-6-5-33/h1-4,7,10-11,33H,5-6,12H2,(H2,29,32). The van der Waals surface area contributed by atoms with E-state index in [1.165, 1.54) is 18.5 Å². The quantitative estimate of drug-likeness (QED) is 0.334. The average Bonchev–Trinajstić information content (AvgIpc) is 3.37. The van der Waals surface area contributed by atoms with Crippen LogP contribution in [0, 0.1) is 34.3 Å². The fourth-order valence-electron chi connectivity index (χ4n) is 3.23. The molecule has 12 heteroatoms. The maximum Gasteiger partial charge on any atom is 0.226 e. The van der Waals surface area contributed by atoms with Gasteiger partial charge in [0.2, 0.25) is 11.8 Å². The summed E-state index contributed by atoms with van der Waals surface area (Å²) in [7, 11) is 0. The van der Waals surface area contributed by atoms with Crippen molar-refractivity contribution in [3.8, 4) is 40.6 Å². The van der Waals surface area contributed by atoms with Crippen molar-refractivity contribution in [3.63, 3.8) is 0 Å². The summed E-state index contributed by atoms with van der Waals surface area (Å²) in [4.78, 5) is 12.7. The zero-order chi connectivity index (χ0) is 25.7. The number of thioether (sulfide) groups is 1. The van der Waals surface area contributed by atoms with Crippen LogP contribution < -0.4 is 10.5 Å². The molecule has 180 valence electrons. The third-order valence-electron chi connectivity index (χ3n) is 4.86. The minimum Gasteiger partial charge on any atom is -0.475 e. The third-order valence-corrected chi connectivity index (χ3v) is 5.87. The summed E-state index contributed by atoms with van der Waals surface area (Å²) in [5.41, 5.74) is 7.65. The summed E-state index contributed by atoms with van der Waals surface area (Å²) in [5, 5.41) is 28.7. The van der Waals surface area contributed by atoms with Crippen LogP contribution in [0.5, 0.6) is 5.88 Å². The van der Waals surface area contributed by atoms with Gasteiger partial charge >= 0.3 is 0 Å². The molecule has 1 aromatic carbocycles. The number of nitrogens with two attached hydrogens (primary N) is 1. The number of benzene rings is 1. The predicted molar refractivity (Wildman–Crippen MR) is 125 cm³/mol. The number of anilines is 1. The molecule has 0 aliphatic carbocycles. The van der Waals surface area contributed by atoms with Crippen LogP contribution in [0.3, 0.4) is 0 Å². The van der Waals surface area contributed by atoms with Gasteiger partial charge in [0, 0.05) is 34.7 Å². The normalized spacial score (nSPS) is 10.6. The maximum absolute atomic E-state index is 13.5. The van der Waals surface area contributed by atoms with Gasteiger partial charge in [-0.3, -0.25) is 0 Å². The number of aliphatic hydroxyl groups is 1. The molecular weight excluding hydrogens is 490 g/mol. The number of nitrogen functional groups attached to an aromatic ring is 1. The van der Waals surface area contributed by atoms with Gasteiger partial charge < -0.3 is 20.0 Å². The number of halogens is 2. The van der Waals surface area contributed by atoms with Crippen molar-refractivity contribution in [2.24, 2.45) is 0 Å². The van der Waals surface area contributed by atoms with Gasteiger partial charge in [0.25, 0.3) is 0 Å². The Hall–Kier alpha value is -4.52. The van der Waals surface area contributed by atoms with Gasteiger partial charge in [-0.25, -0.2) is 23.7 Å². The van der Waals surface area contributed by atoms with E-state index in [0.29, 0.717) is 11.3 Å². The van der Waals surface area contributed by atoms with E-state index in [0.717, 1.165) is 23.9 Å². The molecule has 9 nitrogen and oxygen atoms in total. The van der Waals surface area contributed by atoms with Gasteiger partial charge in [0.15, 0.2) is 11.6 Å². The van der Waals surface area contributed by atoms with Crippen LogP contribution in [0.4, 0.5) is 14.6 Å². The largest absolute Gasteiger partial charge is 0.475 e. The van der Waals surface area contributed by atoms with Crippen LogP contribution in [0.15, 0.2) is 52.2 Å². The highest BCUT2D eigenvalue weighted by atomic mass is 32.2. The molecule has 0 bridgehead atoms. The van der Waals surface area contributed by atoms with Gasteiger partial charge in [0.1, 0.15) is 41.4 Å². The zero-order valence-corrected chi connectivity index (χ0v) is 19.2. The SMILES string of the molecule is N#Cc1c(N)nc(SCc2coc(-c3ccc(F)c(F)c3)n2)c(C#N)c1-c1ccc(OCCO)nc1. The lowest BCUT2D eigenvalue weighted by atomic mass is 9.98. The molecule has 0 unspecified atom stereocenters. The van der Waals surface area contributed by atoms with Gasteiger partial charge in [-0.05, 0) is 24.3 Å². The molecule has 0 radical (unpaired) electrons. The number of aromatic nitrogens is 3. The fraction of sp³-hybridized carbons (Fsp3) is 0.125. The number of hydrogen-bond acceptors (Lipinski definition) is 10. The van der Waals surface area contributed by atoms with Crippen molar-refractivity contribution in [1.29, 1.82) is 10.5 Å². The van der Waals surface area contributed by atoms with E-state index in [2.05, 4.69) is 21.0 Å². The molecule has 4 rings (SSSR count). The van der Waals surface area contributed by atoms with E-state index < -0.39 is 11.6 Å². The maximum atomic E-state index is 13.5. The monoisotopic (exact) mass is 506 g/mol. The molecule has 0 fully saturated rings. The topological polar surface area (TPSA) is 155 Å². The molecule has 0 saturated carbocycles. The summed E-state index contributed by atoms with van der Waals surface area (Å²) >= 11 is 1.14. The number of oxazole rings is 1. The van der Waals surface area contributed by atoms with Crippen molar-refractivity contribution >= 4 is 17.6 Å². The summed E-state index contributed by atoms with van der Waals surface area (Å²) in [5.74, 6) is -1.47. The Bertz CT molecular complexity index is 1500. The van der Waals surface area contributed by atoms with Crippen molar-refractivity contribution in [2.45, 2.75) is 10.8 Å². The van der Waals surface area contributed by atoms with E-state index >= 15 is 0 Å². The molecule has 3 N–H and O–H groups in total. The van der Waals surface area contributed by atoms with E-state index in [1.807, 2.05) is 6.07 Å². The summed E-state index contributed by atoms with van der Waals surface area (Å²) in [6.45, 7) is -0.0992. The Morgan fingerprint density at radius 3 is 2.50 bits per heavy atom. The van der Waals surface area contributed by atoms with Crippen molar-refractivity contribution in [2.75, 3.05) is 18.9 Å². The number of nitriles is 2. The van der Waals surface area contributed by atoms with E-state index in [-0.39, 0.29) is 63.8 Å². The first-order chi connectivity index (χ1) is 17.4. The van der Waals surface area contributed by atoms with Crippen molar-refractivity contribution in [1.82, 2.24) is 15.0 Å². The number of nitrogens with zero attached hydrogens (tertiary/aromatic N) is 5. The van der Waals surface area contributed by atoms with Crippen LogP contribution in [-0.2, 0) is 5.75 Å². The molecule has 0 aliphatic rings. The minimum atomic E-state index is -1.02. The first kappa shape index (κ1) is 24.6. The third kappa shape index (κ3) is 5.10. The Labute approximate surface area is 207 Å². The smallest absolute Gasteiger partial charge is 0.226 e. The highest BCUT2D eigenvalue weighted by Gasteiger charge is 2.21.